The Morgan fingerprint density at radius 1 is 1.04 bits per heavy atom. The summed E-state index contributed by atoms with van der Waals surface area (Å²) in [4.78, 5) is 4.45. The zero-order chi connectivity index (χ0) is 16.5. The van der Waals surface area contributed by atoms with Crippen molar-refractivity contribution in [2.45, 2.75) is 25.3 Å². The summed E-state index contributed by atoms with van der Waals surface area (Å²) in [5.41, 5.74) is 3.14. The summed E-state index contributed by atoms with van der Waals surface area (Å²) in [6.07, 6.45) is 5.53. The van der Waals surface area contributed by atoms with E-state index in [0.29, 0.717) is 16.0 Å². The SMILES string of the molecule is Clc1cccc(C(Nc2ccc3cccnc3c2)C2CCC2)c1Cl. The van der Waals surface area contributed by atoms with Gasteiger partial charge in [-0.3, -0.25) is 4.98 Å². The molecule has 4 heteroatoms. The molecule has 0 bridgehead atoms. The average molecular weight is 357 g/mol. The molecule has 2 nitrogen and oxygen atoms in total. The van der Waals surface area contributed by atoms with Crippen LogP contribution in [0.25, 0.3) is 10.9 Å². The summed E-state index contributed by atoms with van der Waals surface area (Å²) in [7, 11) is 0. The summed E-state index contributed by atoms with van der Waals surface area (Å²) >= 11 is 12.7. The number of pyridine rings is 1. The van der Waals surface area contributed by atoms with Crippen LogP contribution in [-0.2, 0) is 0 Å². The van der Waals surface area contributed by atoms with Crippen molar-refractivity contribution in [1.29, 1.82) is 0 Å². The van der Waals surface area contributed by atoms with Crippen molar-refractivity contribution in [3.63, 3.8) is 0 Å². The fraction of sp³-hybridized carbons (Fsp3) is 0.250. The molecular formula is C20H18Cl2N2. The van der Waals surface area contributed by atoms with E-state index in [1.807, 2.05) is 24.4 Å². The van der Waals surface area contributed by atoms with E-state index in [9.17, 15) is 0 Å². The molecule has 1 unspecified atom stereocenters. The van der Waals surface area contributed by atoms with Gasteiger partial charge in [0.05, 0.1) is 21.6 Å². The number of fused-ring (bicyclic) bond motifs is 1. The van der Waals surface area contributed by atoms with Crippen LogP contribution < -0.4 is 5.32 Å². The van der Waals surface area contributed by atoms with Gasteiger partial charge in [0.2, 0.25) is 0 Å². The van der Waals surface area contributed by atoms with Gasteiger partial charge in [0.1, 0.15) is 0 Å². The summed E-state index contributed by atoms with van der Waals surface area (Å²) < 4.78 is 0. The number of benzene rings is 2. The van der Waals surface area contributed by atoms with Gasteiger partial charge in [-0.05, 0) is 48.6 Å². The van der Waals surface area contributed by atoms with Crippen molar-refractivity contribution in [3.8, 4) is 0 Å². The van der Waals surface area contributed by atoms with Crippen LogP contribution >= 0.6 is 23.2 Å². The molecule has 1 aliphatic rings. The monoisotopic (exact) mass is 356 g/mol. The Bertz CT molecular complexity index is 874. The predicted octanol–water partition coefficient (Wildman–Crippen LogP) is 6.49. The number of aromatic nitrogens is 1. The highest BCUT2D eigenvalue weighted by atomic mass is 35.5. The molecule has 0 radical (unpaired) electrons. The van der Waals surface area contributed by atoms with Crippen molar-refractivity contribution in [2.75, 3.05) is 5.32 Å². The fourth-order valence-electron chi connectivity index (χ4n) is 3.32. The molecule has 1 heterocycles. The topological polar surface area (TPSA) is 24.9 Å². The van der Waals surface area contributed by atoms with E-state index in [2.05, 4.69) is 40.6 Å². The number of nitrogens with one attached hydrogen (secondary N) is 1. The second kappa shape index (κ2) is 6.62. The molecule has 0 aliphatic heterocycles. The molecule has 1 fully saturated rings. The minimum Gasteiger partial charge on any atom is -0.378 e. The van der Waals surface area contributed by atoms with Crippen LogP contribution in [0.5, 0.6) is 0 Å². The molecule has 0 saturated heterocycles. The molecule has 122 valence electrons. The van der Waals surface area contributed by atoms with E-state index in [1.165, 1.54) is 19.3 Å². The number of hydrogen-bond donors (Lipinski definition) is 1. The largest absolute Gasteiger partial charge is 0.378 e. The Hall–Kier alpha value is -1.77. The molecule has 1 saturated carbocycles. The Balaban J connectivity index is 1.69. The van der Waals surface area contributed by atoms with Crippen LogP contribution in [0.1, 0.15) is 30.9 Å². The van der Waals surface area contributed by atoms with E-state index in [0.717, 1.165) is 22.2 Å². The lowest BCUT2D eigenvalue weighted by Crippen LogP contribution is -2.26. The van der Waals surface area contributed by atoms with Crippen LogP contribution in [0.2, 0.25) is 10.0 Å². The highest BCUT2D eigenvalue weighted by molar-refractivity contribution is 6.42. The molecule has 2 aromatic carbocycles. The number of hydrogen-bond acceptors (Lipinski definition) is 2. The third-order valence-corrected chi connectivity index (χ3v) is 5.70. The Labute approximate surface area is 151 Å². The van der Waals surface area contributed by atoms with Crippen LogP contribution in [-0.4, -0.2) is 4.98 Å². The zero-order valence-corrected chi connectivity index (χ0v) is 14.7. The Kier molecular flexibility index (Phi) is 4.34. The predicted molar refractivity (Wildman–Crippen MR) is 102 cm³/mol. The minimum absolute atomic E-state index is 0.172. The van der Waals surface area contributed by atoms with Gasteiger partial charge in [-0.1, -0.05) is 53.9 Å². The van der Waals surface area contributed by atoms with Crippen molar-refractivity contribution in [3.05, 3.63) is 70.3 Å². The van der Waals surface area contributed by atoms with Gasteiger partial charge in [-0.25, -0.2) is 0 Å². The lowest BCUT2D eigenvalue weighted by Gasteiger charge is -2.36. The zero-order valence-electron chi connectivity index (χ0n) is 13.2. The third kappa shape index (κ3) is 2.97. The minimum atomic E-state index is 0.172. The first-order valence-electron chi connectivity index (χ1n) is 8.27. The van der Waals surface area contributed by atoms with E-state index in [4.69, 9.17) is 23.2 Å². The van der Waals surface area contributed by atoms with Crippen LogP contribution in [0, 0.1) is 5.92 Å². The Morgan fingerprint density at radius 2 is 1.92 bits per heavy atom. The average Bonchev–Trinajstić information content (AvgIpc) is 2.55. The number of anilines is 1. The highest BCUT2D eigenvalue weighted by Crippen LogP contribution is 2.43. The second-order valence-corrected chi connectivity index (χ2v) is 7.15. The maximum absolute atomic E-state index is 6.49. The van der Waals surface area contributed by atoms with Crippen LogP contribution in [0.4, 0.5) is 5.69 Å². The molecule has 4 rings (SSSR count). The van der Waals surface area contributed by atoms with Gasteiger partial charge in [-0.2, -0.15) is 0 Å². The van der Waals surface area contributed by atoms with Gasteiger partial charge < -0.3 is 5.32 Å². The van der Waals surface area contributed by atoms with Gasteiger partial charge in [-0.15, -0.1) is 0 Å². The van der Waals surface area contributed by atoms with Crippen molar-refractivity contribution in [1.82, 2.24) is 4.98 Å². The molecule has 1 N–H and O–H groups in total. The van der Waals surface area contributed by atoms with Gasteiger partial charge in [0, 0.05) is 17.3 Å². The summed E-state index contributed by atoms with van der Waals surface area (Å²) in [6.45, 7) is 0. The molecule has 1 aliphatic carbocycles. The van der Waals surface area contributed by atoms with E-state index in [-0.39, 0.29) is 6.04 Å². The van der Waals surface area contributed by atoms with Crippen molar-refractivity contribution >= 4 is 39.8 Å². The lowest BCUT2D eigenvalue weighted by molar-refractivity contribution is 0.277. The summed E-state index contributed by atoms with van der Waals surface area (Å²) in [6, 6.07) is 16.4. The lowest BCUT2D eigenvalue weighted by atomic mass is 9.77. The number of rotatable bonds is 4. The first-order valence-corrected chi connectivity index (χ1v) is 9.03. The number of halogens is 2. The standard InChI is InChI=1S/C20H18Cl2N2/c21-17-8-2-7-16(19(17)22)20(14-4-1-5-14)24-15-10-9-13-6-3-11-23-18(13)12-15/h2-3,6-12,14,20,24H,1,4-5H2. The van der Waals surface area contributed by atoms with E-state index < -0.39 is 0 Å². The van der Waals surface area contributed by atoms with Crippen molar-refractivity contribution < 1.29 is 0 Å². The molecule has 24 heavy (non-hydrogen) atoms. The van der Waals surface area contributed by atoms with Crippen LogP contribution in [0.15, 0.2) is 54.7 Å². The van der Waals surface area contributed by atoms with E-state index >= 15 is 0 Å². The smallest absolute Gasteiger partial charge is 0.0722 e. The molecule has 1 aromatic heterocycles. The third-order valence-electron chi connectivity index (χ3n) is 4.87. The summed E-state index contributed by atoms with van der Waals surface area (Å²) in [5, 5.41) is 6.08. The summed E-state index contributed by atoms with van der Waals surface area (Å²) in [5.74, 6) is 0.584. The molecule has 0 spiro atoms. The molecular weight excluding hydrogens is 339 g/mol. The maximum Gasteiger partial charge on any atom is 0.0722 e. The highest BCUT2D eigenvalue weighted by Gasteiger charge is 2.30. The Morgan fingerprint density at radius 3 is 2.71 bits per heavy atom. The molecule has 0 amide bonds. The first kappa shape index (κ1) is 15.7. The fourth-order valence-corrected chi connectivity index (χ4v) is 3.74. The van der Waals surface area contributed by atoms with Gasteiger partial charge in [0.15, 0.2) is 0 Å². The quantitative estimate of drug-likeness (QED) is 0.577. The van der Waals surface area contributed by atoms with Gasteiger partial charge in [0.25, 0.3) is 0 Å². The van der Waals surface area contributed by atoms with Gasteiger partial charge >= 0.3 is 0 Å². The number of nitrogens with zero attached hydrogens (tertiary/aromatic N) is 1. The maximum atomic E-state index is 6.49. The normalized spacial score (nSPS) is 15.9. The molecule has 3 aromatic rings. The van der Waals surface area contributed by atoms with Crippen molar-refractivity contribution in [2.24, 2.45) is 5.92 Å². The first-order chi connectivity index (χ1) is 11.7. The van der Waals surface area contributed by atoms with E-state index in [1.54, 1.807) is 0 Å². The van der Waals surface area contributed by atoms with Crippen LogP contribution in [0.3, 0.4) is 0 Å². The molecule has 1 atom stereocenters. The second-order valence-electron chi connectivity index (χ2n) is 6.37.